The van der Waals surface area contributed by atoms with Gasteiger partial charge in [-0.1, -0.05) is 246 Å². The van der Waals surface area contributed by atoms with Crippen molar-refractivity contribution in [2.24, 2.45) is 0 Å². The zero-order valence-corrected chi connectivity index (χ0v) is 43.6. The van der Waals surface area contributed by atoms with Crippen LogP contribution in [0.25, 0.3) is 0 Å². The van der Waals surface area contributed by atoms with E-state index >= 15 is 0 Å². The van der Waals surface area contributed by atoms with Gasteiger partial charge in [-0.15, -0.1) is 0 Å². The first-order valence-corrected chi connectivity index (χ1v) is 27.8. The first-order valence-electron chi connectivity index (χ1n) is 27.8. The fraction of sp³-hybridized carbons (Fsp3) is 0.689. The molecule has 0 aromatic rings. The SMILES string of the molecule is CC\C=C/C=C\C=C/CCCCCCCC(=O)OCC(COC(=O)CCCCC/C=C\C/C=C\C/C=C\C/C=C\C/C=C\CC)OC(=O)CCCCCCCCCCCCCCCCCCC. The van der Waals surface area contributed by atoms with Gasteiger partial charge in [0, 0.05) is 19.3 Å². The first kappa shape index (κ1) is 63.3. The molecule has 0 bridgehead atoms. The van der Waals surface area contributed by atoms with Crippen molar-refractivity contribution in [3.8, 4) is 0 Å². The third-order valence-corrected chi connectivity index (χ3v) is 11.6. The molecule has 6 heteroatoms. The van der Waals surface area contributed by atoms with Crippen LogP contribution < -0.4 is 0 Å². The third-order valence-electron chi connectivity index (χ3n) is 11.6. The van der Waals surface area contributed by atoms with Crippen molar-refractivity contribution in [2.45, 2.75) is 258 Å². The number of rotatable bonds is 49. The number of carbonyl (C=O) groups excluding carboxylic acids is 3. The Balaban J connectivity index is 4.45. The topological polar surface area (TPSA) is 78.9 Å². The van der Waals surface area contributed by atoms with Crippen LogP contribution in [0.2, 0.25) is 0 Å². The highest BCUT2D eigenvalue weighted by Crippen LogP contribution is 2.16. The standard InChI is InChI=1S/C61H102O6/c1-4-7-10-13-16-19-22-25-27-29-30-32-33-36-39-42-45-48-51-54-60(63)66-57-58(56-65-59(62)53-50-47-44-41-38-35-24-21-18-15-12-9-6-3)67-61(64)55-52-49-46-43-40-37-34-31-28-26-23-20-17-14-11-8-5-2/h7,9-10,12,15-16,18-19,21,24-25,27,30,32,36,39,58H,4-6,8,11,13-14,17,20,22-23,26,28-29,31,33-35,37-38,40-57H2,1-3H3/b10-7-,12-9-,18-15-,19-16-,24-21-,27-25-,32-30-,39-36-. The molecule has 1 unspecified atom stereocenters. The van der Waals surface area contributed by atoms with Crippen molar-refractivity contribution in [3.63, 3.8) is 0 Å². The van der Waals surface area contributed by atoms with Gasteiger partial charge >= 0.3 is 17.9 Å². The Hall–Kier alpha value is -3.67. The highest BCUT2D eigenvalue weighted by atomic mass is 16.6. The summed E-state index contributed by atoms with van der Waals surface area (Å²) in [5.41, 5.74) is 0. The predicted molar refractivity (Wildman–Crippen MR) is 288 cm³/mol. The van der Waals surface area contributed by atoms with Gasteiger partial charge in [0.25, 0.3) is 0 Å². The average Bonchev–Trinajstić information content (AvgIpc) is 3.33. The average molecular weight is 931 g/mol. The number of allylic oxidation sites excluding steroid dienone is 16. The minimum absolute atomic E-state index is 0.0981. The number of carbonyl (C=O) groups is 3. The molecule has 0 aromatic carbocycles. The van der Waals surface area contributed by atoms with E-state index in [9.17, 15) is 14.4 Å². The molecule has 0 aliphatic rings. The highest BCUT2D eigenvalue weighted by molar-refractivity contribution is 5.71. The second kappa shape index (κ2) is 54.9. The van der Waals surface area contributed by atoms with Gasteiger partial charge in [-0.2, -0.15) is 0 Å². The number of hydrogen-bond donors (Lipinski definition) is 0. The van der Waals surface area contributed by atoms with Crippen LogP contribution in [0.4, 0.5) is 0 Å². The Bertz CT molecular complexity index is 1350. The molecule has 0 radical (unpaired) electrons. The van der Waals surface area contributed by atoms with E-state index < -0.39 is 6.10 Å². The van der Waals surface area contributed by atoms with E-state index in [4.69, 9.17) is 14.2 Å². The van der Waals surface area contributed by atoms with Gasteiger partial charge in [-0.3, -0.25) is 14.4 Å². The first-order chi connectivity index (χ1) is 33.0. The maximum atomic E-state index is 12.8. The van der Waals surface area contributed by atoms with Crippen molar-refractivity contribution in [1.29, 1.82) is 0 Å². The molecule has 0 N–H and O–H groups in total. The molecule has 0 amide bonds. The van der Waals surface area contributed by atoms with E-state index in [-0.39, 0.29) is 31.1 Å². The Morgan fingerprint density at radius 3 is 1.09 bits per heavy atom. The van der Waals surface area contributed by atoms with Crippen LogP contribution in [0, 0.1) is 0 Å². The summed E-state index contributed by atoms with van der Waals surface area (Å²) >= 11 is 0. The molecule has 0 aliphatic heterocycles. The molecular weight excluding hydrogens is 829 g/mol. The van der Waals surface area contributed by atoms with Crippen molar-refractivity contribution >= 4 is 17.9 Å². The van der Waals surface area contributed by atoms with Crippen LogP contribution in [0.1, 0.15) is 252 Å². The van der Waals surface area contributed by atoms with Gasteiger partial charge in [-0.05, 0) is 83.5 Å². The maximum Gasteiger partial charge on any atom is 0.306 e. The predicted octanol–water partition coefficient (Wildman–Crippen LogP) is 18.5. The fourth-order valence-corrected chi connectivity index (χ4v) is 7.53. The maximum absolute atomic E-state index is 12.8. The Morgan fingerprint density at radius 1 is 0.328 bits per heavy atom. The largest absolute Gasteiger partial charge is 0.462 e. The molecule has 382 valence electrons. The third kappa shape index (κ3) is 53.2. The molecule has 0 heterocycles. The van der Waals surface area contributed by atoms with E-state index in [0.717, 1.165) is 122 Å². The minimum Gasteiger partial charge on any atom is -0.462 e. The lowest BCUT2D eigenvalue weighted by Crippen LogP contribution is -2.30. The number of esters is 3. The van der Waals surface area contributed by atoms with E-state index in [2.05, 4.69) is 118 Å². The van der Waals surface area contributed by atoms with Gasteiger partial charge in [0.2, 0.25) is 0 Å². The van der Waals surface area contributed by atoms with Gasteiger partial charge < -0.3 is 14.2 Å². The van der Waals surface area contributed by atoms with E-state index in [1.54, 1.807) is 0 Å². The monoisotopic (exact) mass is 931 g/mol. The van der Waals surface area contributed by atoms with Crippen molar-refractivity contribution in [3.05, 3.63) is 97.2 Å². The lowest BCUT2D eigenvalue weighted by Gasteiger charge is -2.18. The van der Waals surface area contributed by atoms with Gasteiger partial charge in [0.15, 0.2) is 6.10 Å². The Morgan fingerprint density at radius 2 is 0.657 bits per heavy atom. The zero-order chi connectivity index (χ0) is 48.6. The smallest absolute Gasteiger partial charge is 0.306 e. The molecule has 0 spiro atoms. The summed E-state index contributed by atoms with van der Waals surface area (Å²) in [7, 11) is 0. The number of ether oxygens (including phenoxy) is 3. The minimum atomic E-state index is -0.799. The second-order valence-corrected chi connectivity index (χ2v) is 18.1. The number of unbranched alkanes of at least 4 members (excludes halogenated alkanes) is 24. The molecular formula is C61H102O6. The molecule has 0 rings (SSSR count). The molecule has 0 saturated heterocycles. The summed E-state index contributed by atoms with van der Waals surface area (Å²) < 4.78 is 16.8. The summed E-state index contributed by atoms with van der Waals surface area (Å²) in [6, 6.07) is 0. The summed E-state index contributed by atoms with van der Waals surface area (Å²) in [6.45, 7) is 6.36. The zero-order valence-electron chi connectivity index (χ0n) is 43.6. The van der Waals surface area contributed by atoms with Crippen molar-refractivity contribution in [2.75, 3.05) is 13.2 Å². The van der Waals surface area contributed by atoms with Crippen LogP contribution in [-0.2, 0) is 28.6 Å². The Kier molecular flexibility index (Phi) is 51.9. The van der Waals surface area contributed by atoms with E-state index in [1.807, 2.05) is 0 Å². The van der Waals surface area contributed by atoms with Crippen LogP contribution in [0.5, 0.6) is 0 Å². The van der Waals surface area contributed by atoms with Gasteiger partial charge in [-0.25, -0.2) is 0 Å². The molecule has 0 aromatic heterocycles. The quantitative estimate of drug-likeness (QED) is 0.0199. The molecule has 0 fully saturated rings. The number of hydrogen-bond acceptors (Lipinski definition) is 6. The fourth-order valence-electron chi connectivity index (χ4n) is 7.53. The van der Waals surface area contributed by atoms with Crippen LogP contribution >= 0.6 is 0 Å². The lowest BCUT2D eigenvalue weighted by molar-refractivity contribution is -0.167. The Labute approximate surface area is 413 Å². The van der Waals surface area contributed by atoms with Crippen molar-refractivity contribution < 1.29 is 28.6 Å². The summed E-state index contributed by atoms with van der Waals surface area (Å²) in [6.07, 6.45) is 72.5. The molecule has 0 saturated carbocycles. The van der Waals surface area contributed by atoms with Crippen LogP contribution in [0.3, 0.4) is 0 Å². The summed E-state index contributed by atoms with van der Waals surface area (Å²) in [5, 5.41) is 0. The summed E-state index contributed by atoms with van der Waals surface area (Å²) in [5.74, 6) is -0.946. The summed E-state index contributed by atoms with van der Waals surface area (Å²) in [4.78, 5) is 38.1. The molecule has 0 aliphatic carbocycles. The van der Waals surface area contributed by atoms with Crippen LogP contribution in [0.15, 0.2) is 97.2 Å². The molecule has 1 atom stereocenters. The van der Waals surface area contributed by atoms with Crippen molar-refractivity contribution in [1.82, 2.24) is 0 Å². The van der Waals surface area contributed by atoms with Gasteiger partial charge in [0.1, 0.15) is 13.2 Å². The highest BCUT2D eigenvalue weighted by Gasteiger charge is 2.19. The van der Waals surface area contributed by atoms with E-state index in [1.165, 1.54) is 89.9 Å². The molecule has 67 heavy (non-hydrogen) atoms. The van der Waals surface area contributed by atoms with E-state index in [0.29, 0.717) is 19.3 Å². The lowest BCUT2D eigenvalue weighted by atomic mass is 10.0. The van der Waals surface area contributed by atoms with Crippen LogP contribution in [-0.4, -0.2) is 37.2 Å². The molecule has 6 nitrogen and oxygen atoms in total. The van der Waals surface area contributed by atoms with Gasteiger partial charge in [0.05, 0.1) is 0 Å². The second-order valence-electron chi connectivity index (χ2n) is 18.1. The normalized spacial score (nSPS) is 12.8.